The molecule has 70 valence electrons. The van der Waals surface area contributed by atoms with E-state index in [-0.39, 0.29) is 5.75 Å². The maximum absolute atomic E-state index is 10.7. The van der Waals surface area contributed by atoms with Crippen LogP contribution in [0.1, 0.15) is 0 Å². The third-order valence-electron chi connectivity index (χ3n) is 0.719. The van der Waals surface area contributed by atoms with Crippen LogP contribution in [0.3, 0.4) is 0 Å². The number of aliphatic carboxylic acids is 1. The molecule has 0 aromatic heterocycles. The van der Waals surface area contributed by atoms with Crippen molar-refractivity contribution in [3.05, 3.63) is 12.7 Å². The van der Waals surface area contributed by atoms with Gasteiger partial charge in [0, 0.05) is 0 Å². The fourth-order valence-electron chi connectivity index (χ4n) is 0.370. The van der Waals surface area contributed by atoms with Crippen LogP contribution in [0.2, 0.25) is 0 Å². The molecule has 7 heteroatoms. The van der Waals surface area contributed by atoms with Crippen molar-refractivity contribution in [1.29, 1.82) is 0 Å². The first-order valence-corrected chi connectivity index (χ1v) is 4.57. The number of carboxylic acids is 1. The van der Waals surface area contributed by atoms with E-state index in [0.717, 1.165) is 6.08 Å². The Balaban J connectivity index is 3.77. The molecule has 0 aliphatic heterocycles. The topological polar surface area (TPSA) is 92.7 Å². The van der Waals surface area contributed by atoms with Crippen molar-refractivity contribution in [2.45, 2.75) is 0 Å². The Kier molecular flexibility index (Phi) is 4.49. The highest BCUT2D eigenvalue weighted by molar-refractivity contribution is 7.89. The molecule has 0 spiro atoms. The summed E-state index contributed by atoms with van der Waals surface area (Å²) in [5.41, 5.74) is 0. The summed E-state index contributed by atoms with van der Waals surface area (Å²) in [5.74, 6) is -1.57. The lowest BCUT2D eigenvalue weighted by Gasteiger charge is -2.01. The highest BCUT2D eigenvalue weighted by atomic mass is 32.2. The minimum Gasteiger partial charge on any atom is -0.479 e. The summed E-state index contributed by atoms with van der Waals surface area (Å²) < 4.78 is 21.4. The zero-order valence-electron chi connectivity index (χ0n) is 6.19. The van der Waals surface area contributed by atoms with Crippen molar-refractivity contribution in [3.8, 4) is 0 Å². The maximum atomic E-state index is 10.7. The number of hydrogen-bond donors (Lipinski definition) is 2. The predicted molar refractivity (Wildman–Crippen MR) is 40.7 cm³/mol. The zero-order chi connectivity index (χ0) is 9.61. The summed E-state index contributed by atoms with van der Waals surface area (Å²) in [7, 11) is -3.58. The molecule has 0 atom stereocenters. The van der Waals surface area contributed by atoms with Gasteiger partial charge in [0.05, 0.1) is 5.75 Å². The number of carbonyl (C=O) groups is 1. The van der Waals surface area contributed by atoms with Crippen LogP contribution < -0.4 is 4.89 Å². The largest absolute Gasteiger partial charge is 0.479 e. The first kappa shape index (κ1) is 11.1. The van der Waals surface area contributed by atoms with Gasteiger partial charge in [-0.3, -0.25) is 4.84 Å². The monoisotopic (exact) mass is 195 g/mol. The van der Waals surface area contributed by atoms with E-state index in [4.69, 9.17) is 5.11 Å². The van der Waals surface area contributed by atoms with Crippen molar-refractivity contribution in [2.75, 3.05) is 12.4 Å². The van der Waals surface area contributed by atoms with Crippen LogP contribution in [0.25, 0.3) is 0 Å². The Morgan fingerprint density at radius 3 is 2.67 bits per heavy atom. The molecule has 0 fully saturated rings. The van der Waals surface area contributed by atoms with Gasteiger partial charge in [0.25, 0.3) is 0 Å². The van der Waals surface area contributed by atoms with Gasteiger partial charge in [-0.25, -0.2) is 13.2 Å². The van der Waals surface area contributed by atoms with E-state index in [1.807, 2.05) is 0 Å². The van der Waals surface area contributed by atoms with Crippen LogP contribution in [-0.4, -0.2) is 31.9 Å². The molecule has 0 radical (unpaired) electrons. The fourth-order valence-corrected chi connectivity index (χ4v) is 0.987. The molecule has 12 heavy (non-hydrogen) atoms. The number of carboxylic acid groups (broad SMARTS) is 1. The molecule has 2 N–H and O–H groups in total. The van der Waals surface area contributed by atoms with Gasteiger partial charge < -0.3 is 5.11 Å². The second-order valence-corrected chi connectivity index (χ2v) is 3.57. The second-order valence-electron chi connectivity index (χ2n) is 1.84. The van der Waals surface area contributed by atoms with Crippen molar-refractivity contribution >= 4 is 16.0 Å². The number of rotatable bonds is 6. The van der Waals surface area contributed by atoms with Gasteiger partial charge in [-0.05, 0) is 0 Å². The van der Waals surface area contributed by atoms with Gasteiger partial charge in [-0.1, -0.05) is 11.0 Å². The first-order chi connectivity index (χ1) is 5.48. The summed E-state index contributed by atoms with van der Waals surface area (Å²) >= 11 is 0. The molecular formula is C5H9NO5S. The molecule has 0 amide bonds. The van der Waals surface area contributed by atoms with Crippen LogP contribution in [0.4, 0.5) is 0 Å². The van der Waals surface area contributed by atoms with E-state index in [1.165, 1.54) is 0 Å². The zero-order valence-corrected chi connectivity index (χ0v) is 7.00. The van der Waals surface area contributed by atoms with Gasteiger partial charge in [0.1, 0.15) is 0 Å². The Morgan fingerprint density at radius 1 is 1.67 bits per heavy atom. The van der Waals surface area contributed by atoms with E-state index >= 15 is 0 Å². The molecule has 0 bridgehead atoms. The highest BCUT2D eigenvalue weighted by Gasteiger charge is 2.07. The average molecular weight is 195 g/mol. The van der Waals surface area contributed by atoms with E-state index in [0.29, 0.717) is 0 Å². The Hall–Kier alpha value is -0.920. The van der Waals surface area contributed by atoms with Crippen LogP contribution in [-0.2, 0) is 19.7 Å². The lowest BCUT2D eigenvalue weighted by molar-refractivity contribution is -0.143. The van der Waals surface area contributed by atoms with E-state index < -0.39 is 22.6 Å². The maximum Gasteiger partial charge on any atom is 0.331 e. The Bertz CT molecular complexity index is 257. The fraction of sp³-hybridized carbons (Fsp3) is 0.400. The van der Waals surface area contributed by atoms with E-state index in [1.54, 1.807) is 4.89 Å². The van der Waals surface area contributed by atoms with Crippen LogP contribution in [0.5, 0.6) is 0 Å². The van der Waals surface area contributed by atoms with Crippen LogP contribution in [0.15, 0.2) is 12.7 Å². The molecule has 0 aromatic carbocycles. The SMILES string of the molecule is C=CCS(=O)(=O)NOCC(=O)O. The molecule has 0 aliphatic rings. The third-order valence-corrected chi connectivity index (χ3v) is 1.77. The summed E-state index contributed by atoms with van der Waals surface area (Å²) in [6.07, 6.45) is 1.16. The lowest BCUT2D eigenvalue weighted by Crippen LogP contribution is -2.28. The Morgan fingerprint density at radius 2 is 2.25 bits per heavy atom. The summed E-state index contributed by atoms with van der Waals surface area (Å²) in [6, 6.07) is 0. The minimum absolute atomic E-state index is 0.313. The van der Waals surface area contributed by atoms with Gasteiger partial charge in [-0.2, -0.15) is 0 Å². The second kappa shape index (κ2) is 4.86. The standard InChI is InChI=1S/C5H9NO5S/c1-2-3-12(9,10)6-11-4-5(7)8/h2,6H,1,3-4H2,(H,7,8). The third kappa shape index (κ3) is 5.83. The molecule has 0 unspecified atom stereocenters. The minimum atomic E-state index is -3.58. The molecule has 0 rings (SSSR count). The molecule has 0 aromatic rings. The van der Waals surface area contributed by atoms with E-state index in [2.05, 4.69) is 11.4 Å². The average Bonchev–Trinajstić information content (AvgIpc) is 1.85. The van der Waals surface area contributed by atoms with Crippen molar-refractivity contribution in [3.63, 3.8) is 0 Å². The van der Waals surface area contributed by atoms with Gasteiger partial charge in [-0.15, -0.1) is 6.58 Å². The summed E-state index contributed by atoms with van der Waals surface area (Å²) in [6.45, 7) is 2.49. The van der Waals surface area contributed by atoms with Gasteiger partial charge >= 0.3 is 5.97 Å². The molecular weight excluding hydrogens is 186 g/mol. The van der Waals surface area contributed by atoms with Crippen molar-refractivity contribution < 1.29 is 23.2 Å². The lowest BCUT2D eigenvalue weighted by atomic mass is 10.8. The van der Waals surface area contributed by atoms with Gasteiger partial charge in [0.2, 0.25) is 10.0 Å². The van der Waals surface area contributed by atoms with Crippen LogP contribution in [0, 0.1) is 0 Å². The van der Waals surface area contributed by atoms with E-state index in [9.17, 15) is 13.2 Å². The number of sulfonamides is 1. The molecule has 0 saturated carbocycles. The smallest absolute Gasteiger partial charge is 0.331 e. The van der Waals surface area contributed by atoms with Gasteiger partial charge in [0.15, 0.2) is 6.61 Å². The first-order valence-electron chi connectivity index (χ1n) is 2.92. The summed E-state index contributed by atoms with van der Waals surface area (Å²) in [4.78, 5) is 15.6. The normalized spacial score (nSPS) is 11.0. The van der Waals surface area contributed by atoms with Crippen LogP contribution >= 0.6 is 0 Å². The number of nitrogens with one attached hydrogen (secondary N) is 1. The predicted octanol–water partition coefficient (Wildman–Crippen LogP) is -0.892. The quantitative estimate of drug-likeness (QED) is 0.423. The van der Waals surface area contributed by atoms with Crippen molar-refractivity contribution in [2.24, 2.45) is 0 Å². The molecule has 0 heterocycles. The summed E-state index contributed by atoms with van der Waals surface area (Å²) in [5, 5.41) is 8.06. The number of hydrogen-bond acceptors (Lipinski definition) is 4. The molecule has 0 saturated heterocycles. The Labute approximate surface area is 69.8 Å². The molecule has 6 nitrogen and oxygen atoms in total. The van der Waals surface area contributed by atoms with Crippen molar-refractivity contribution in [1.82, 2.24) is 4.89 Å². The highest BCUT2D eigenvalue weighted by Crippen LogP contribution is 1.84. The molecule has 0 aliphatic carbocycles.